The highest BCUT2D eigenvalue weighted by molar-refractivity contribution is 5.95. The van der Waals surface area contributed by atoms with Crippen molar-refractivity contribution in [1.29, 1.82) is 0 Å². The fourth-order valence-corrected chi connectivity index (χ4v) is 4.38. The van der Waals surface area contributed by atoms with Crippen LogP contribution < -0.4 is 0 Å². The number of aryl methyl sites for hydroxylation is 2. The Bertz CT molecular complexity index is 1300. The van der Waals surface area contributed by atoms with E-state index in [1.165, 1.54) is 33.4 Å². The molecule has 2 nitrogen and oxygen atoms in total. The molecule has 2 aromatic heterocycles. The Balaban J connectivity index is 1.78. The molecule has 5 aromatic rings. The summed E-state index contributed by atoms with van der Waals surface area (Å²) in [5.41, 5.74) is 11.4. The first-order chi connectivity index (χ1) is 15.7. The van der Waals surface area contributed by atoms with E-state index in [9.17, 15) is 0 Å². The lowest BCUT2D eigenvalue weighted by Gasteiger charge is -2.17. The van der Waals surface area contributed by atoms with Gasteiger partial charge in [0.25, 0.3) is 0 Å². The highest BCUT2D eigenvalue weighted by atomic mass is 14.7. The van der Waals surface area contributed by atoms with Gasteiger partial charge in [0, 0.05) is 23.7 Å². The third kappa shape index (κ3) is 3.72. The molecule has 0 N–H and O–H groups in total. The summed E-state index contributed by atoms with van der Waals surface area (Å²) in [7, 11) is 0. The molecule has 0 aliphatic carbocycles. The third-order valence-electron chi connectivity index (χ3n) is 5.89. The van der Waals surface area contributed by atoms with Crippen LogP contribution in [0.15, 0.2) is 109 Å². The predicted octanol–water partition coefficient (Wildman–Crippen LogP) is 7.76. The minimum Gasteiger partial charge on any atom is -0.261 e. The van der Waals surface area contributed by atoms with Crippen molar-refractivity contribution < 1.29 is 0 Å². The first-order valence-corrected chi connectivity index (χ1v) is 10.9. The molecule has 0 bridgehead atoms. The van der Waals surface area contributed by atoms with Crippen molar-refractivity contribution in [2.75, 3.05) is 0 Å². The van der Waals surface area contributed by atoms with Crippen LogP contribution in [0.25, 0.3) is 44.6 Å². The SMILES string of the molecule is Cc1ccnc(C)c1-c1cc(-c2c(-c3ccccc3)cccc2-c2ccccc2)ccn1. The Morgan fingerprint density at radius 1 is 0.500 bits per heavy atom. The molecule has 5 rings (SSSR count). The molecule has 0 saturated carbocycles. The molecule has 0 amide bonds. The quantitative estimate of drug-likeness (QED) is 0.301. The van der Waals surface area contributed by atoms with Gasteiger partial charge in [-0.15, -0.1) is 0 Å². The van der Waals surface area contributed by atoms with Crippen LogP contribution in [0.1, 0.15) is 11.3 Å². The van der Waals surface area contributed by atoms with Crippen molar-refractivity contribution >= 4 is 0 Å². The smallest absolute Gasteiger partial charge is 0.0729 e. The van der Waals surface area contributed by atoms with E-state index in [-0.39, 0.29) is 0 Å². The Morgan fingerprint density at radius 2 is 1.09 bits per heavy atom. The van der Waals surface area contributed by atoms with Gasteiger partial charge in [0.15, 0.2) is 0 Å². The molecular weight excluding hydrogens is 388 g/mol. The Morgan fingerprint density at radius 3 is 1.69 bits per heavy atom. The van der Waals surface area contributed by atoms with Gasteiger partial charge < -0.3 is 0 Å². The van der Waals surface area contributed by atoms with Gasteiger partial charge in [-0.25, -0.2) is 0 Å². The van der Waals surface area contributed by atoms with E-state index in [0.29, 0.717) is 0 Å². The molecule has 2 heteroatoms. The van der Waals surface area contributed by atoms with Crippen LogP contribution in [0.4, 0.5) is 0 Å². The molecule has 0 radical (unpaired) electrons. The van der Waals surface area contributed by atoms with Crippen molar-refractivity contribution in [2.45, 2.75) is 13.8 Å². The van der Waals surface area contributed by atoms with Crippen LogP contribution in [-0.2, 0) is 0 Å². The lowest BCUT2D eigenvalue weighted by molar-refractivity contribution is 1.16. The Labute approximate surface area is 189 Å². The van der Waals surface area contributed by atoms with Gasteiger partial charge in [0.2, 0.25) is 0 Å². The monoisotopic (exact) mass is 412 g/mol. The molecule has 3 aromatic carbocycles. The molecular formula is C30H24N2. The standard InChI is InChI=1S/C30H24N2/c1-21-16-18-31-22(2)29(21)28-20-25(17-19-32-28)30-26(23-10-5-3-6-11-23)14-9-15-27(30)24-12-7-4-8-13-24/h3-20H,1-2H3. The minimum absolute atomic E-state index is 0.951. The average Bonchev–Trinajstić information content (AvgIpc) is 2.85. The zero-order valence-electron chi connectivity index (χ0n) is 18.3. The fraction of sp³-hybridized carbons (Fsp3) is 0.0667. The fourth-order valence-electron chi connectivity index (χ4n) is 4.38. The highest BCUT2D eigenvalue weighted by Gasteiger charge is 2.16. The summed E-state index contributed by atoms with van der Waals surface area (Å²) < 4.78 is 0. The molecule has 154 valence electrons. The first-order valence-electron chi connectivity index (χ1n) is 10.9. The lowest BCUT2D eigenvalue weighted by Crippen LogP contribution is -1.95. The summed E-state index contributed by atoms with van der Waals surface area (Å²) in [6.45, 7) is 4.16. The lowest BCUT2D eigenvalue weighted by atomic mass is 9.87. The van der Waals surface area contributed by atoms with Gasteiger partial charge in [0.05, 0.1) is 5.69 Å². The van der Waals surface area contributed by atoms with E-state index in [4.69, 9.17) is 4.98 Å². The Kier molecular flexibility index (Phi) is 5.35. The summed E-state index contributed by atoms with van der Waals surface area (Å²) in [6.07, 6.45) is 3.77. The molecule has 0 aliphatic heterocycles. The van der Waals surface area contributed by atoms with E-state index in [0.717, 1.165) is 22.5 Å². The van der Waals surface area contributed by atoms with Crippen molar-refractivity contribution in [3.8, 4) is 44.6 Å². The number of pyridine rings is 2. The second-order valence-electron chi connectivity index (χ2n) is 7.98. The van der Waals surface area contributed by atoms with E-state index in [1.807, 2.05) is 25.4 Å². The molecule has 0 saturated heterocycles. The summed E-state index contributed by atoms with van der Waals surface area (Å²) in [6, 6.07) is 34.1. The van der Waals surface area contributed by atoms with E-state index >= 15 is 0 Å². The van der Waals surface area contributed by atoms with Crippen LogP contribution in [-0.4, -0.2) is 9.97 Å². The largest absolute Gasteiger partial charge is 0.261 e. The highest BCUT2D eigenvalue weighted by Crippen LogP contribution is 2.41. The zero-order chi connectivity index (χ0) is 21.9. The second kappa shape index (κ2) is 8.60. The second-order valence-corrected chi connectivity index (χ2v) is 7.98. The van der Waals surface area contributed by atoms with Crippen LogP contribution in [0, 0.1) is 13.8 Å². The maximum absolute atomic E-state index is 4.72. The summed E-state index contributed by atoms with van der Waals surface area (Å²) in [5, 5.41) is 0. The normalized spacial score (nSPS) is 10.8. The van der Waals surface area contributed by atoms with Gasteiger partial charge in [-0.3, -0.25) is 9.97 Å². The number of rotatable bonds is 4. The van der Waals surface area contributed by atoms with Gasteiger partial charge >= 0.3 is 0 Å². The maximum Gasteiger partial charge on any atom is 0.0729 e. The zero-order valence-corrected chi connectivity index (χ0v) is 18.3. The number of hydrogen-bond donors (Lipinski definition) is 0. The summed E-state index contributed by atoms with van der Waals surface area (Å²) >= 11 is 0. The molecule has 0 fully saturated rings. The molecule has 32 heavy (non-hydrogen) atoms. The Hall–Kier alpha value is -4.04. The number of nitrogens with zero attached hydrogens (tertiary/aromatic N) is 2. The van der Waals surface area contributed by atoms with E-state index < -0.39 is 0 Å². The molecule has 0 spiro atoms. The van der Waals surface area contributed by atoms with Crippen molar-refractivity contribution in [3.05, 3.63) is 121 Å². The number of hydrogen-bond acceptors (Lipinski definition) is 2. The van der Waals surface area contributed by atoms with Crippen molar-refractivity contribution in [2.24, 2.45) is 0 Å². The van der Waals surface area contributed by atoms with E-state index in [1.54, 1.807) is 0 Å². The average molecular weight is 413 g/mol. The molecule has 0 unspecified atom stereocenters. The topological polar surface area (TPSA) is 25.8 Å². The maximum atomic E-state index is 4.72. The van der Waals surface area contributed by atoms with Gasteiger partial charge in [-0.1, -0.05) is 78.9 Å². The van der Waals surface area contributed by atoms with Crippen LogP contribution in [0.3, 0.4) is 0 Å². The summed E-state index contributed by atoms with van der Waals surface area (Å²) in [4.78, 5) is 9.23. The number of aromatic nitrogens is 2. The number of benzene rings is 3. The van der Waals surface area contributed by atoms with Gasteiger partial charge in [-0.2, -0.15) is 0 Å². The van der Waals surface area contributed by atoms with Crippen LogP contribution in [0.2, 0.25) is 0 Å². The van der Waals surface area contributed by atoms with Crippen molar-refractivity contribution in [1.82, 2.24) is 9.97 Å². The molecule has 0 aliphatic rings. The molecule has 0 atom stereocenters. The third-order valence-corrected chi connectivity index (χ3v) is 5.89. The predicted molar refractivity (Wildman–Crippen MR) is 133 cm³/mol. The van der Waals surface area contributed by atoms with Crippen LogP contribution in [0.5, 0.6) is 0 Å². The minimum atomic E-state index is 0.951. The molecule has 2 heterocycles. The van der Waals surface area contributed by atoms with Crippen molar-refractivity contribution in [3.63, 3.8) is 0 Å². The van der Waals surface area contributed by atoms with Crippen LogP contribution >= 0.6 is 0 Å². The van der Waals surface area contributed by atoms with Gasteiger partial charge in [-0.05, 0) is 71.0 Å². The first kappa shape index (κ1) is 19.9. The van der Waals surface area contributed by atoms with E-state index in [2.05, 4.69) is 103 Å². The van der Waals surface area contributed by atoms with Gasteiger partial charge in [0.1, 0.15) is 0 Å². The summed E-state index contributed by atoms with van der Waals surface area (Å²) in [5.74, 6) is 0.